The molecule has 1 aliphatic rings. The predicted octanol–water partition coefficient (Wildman–Crippen LogP) is 4.10. The van der Waals surface area contributed by atoms with Crippen molar-refractivity contribution in [2.45, 2.75) is 58.5 Å². The predicted molar refractivity (Wildman–Crippen MR) is 147 cm³/mol. The second-order valence-electron chi connectivity index (χ2n) is 10.6. The number of likely N-dealkylation sites (N-methyl/N-ethyl adjacent to an activating group) is 1. The Morgan fingerprint density at radius 1 is 1.25 bits per heavy atom. The van der Waals surface area contributed by atoms with Crippen molar-refractivity contribution < 1.29 is 9.53 Å². The number of imidazole rings is 1. The average molecular weight is 514 g/mol. The molecular formula is C26H39N7O2S. The van der Waals surface area contributed by atoms with Crippen LogP contribution in [0, 0.1) is 0 Å². The van der Waals surface area contributed by atoms with Gasteiger partial charge in [-0.2, -0.15) is 4.52 Å². The van der Waals surface area contributed by atoms with E-state index in [1.807, 2.05) is 40.7 Å². The van der Waals surface area contributed by atoms with Crippen LogP contribution in [0.3, 0.4) is 0 Å². The van der Waals surface area contributed by atoms with Crippen LogP contribution in [0.15, 0.2) is 24.3 Å². The van der Waals surface area contributed by atoms with Gasteiger partial charge in [-0.3, -0.25) is 9.69 Å². The first-order chi connectivity index (χ1) is 17.1. The number of hydrogen-bond acceptors (Lipinski definition) is 8. The van der Waals surface area contributed by atoms with Gasteiger partial charge < -0.3 is 20.3 Å². The van der Waals surface area contributed by atoms with Crippen molar-refractivity contribution in [3.8, 4) is 17.0 Å². The standard InChI is InChI=1S/C26H39N7O2S/c1-18-9-7-8-15-32(18)16-14-27-21(34)17-31(5)25-30-33-23(29-26(2,3)4)22(28-24(33)36-25)19-10-12-20(35-6)13-11-19/h10-13,18,29H,7-9,14-17H2,1-6H3,(H,27,34). The van der Waals surface area contributed by atoms with E-state index in [0.29, 0.717) is 12.6 Å². The van der Waals surface area contributed by atoms with Crippen LogP contribution in [0.4, 0.5) is 10.9 Å². The summed E-state index contributed by atoms with van der Waals surface area (Å²) in [5.74, 6) is 1.64. The molecule has 1 atom stereocenters. The molecule has 3 heterocycles. The lowest BCUT2D eigenvalue weighted by Crippen LogP contribution is -2.44. The van der Waals surface area contributed by atoms with E-state index in [4.69, 9.17) is 14.8 Å². The fraction of sp³-hybridized carbons (Fsp3) is 0.577. The lowest BCUT2D eigenvalue weighted by atomic mass is 10.0. The third kappa shape index (κ3) is 6.28. The number of amides is 1. The van der Waals surface area contributed by atoms with Crippen LogP contribution >= 0.6 is 11.3 Å². The Labute approximate surface area is 217 Å². The second kappa shape index (κ2) is 11.0. The molecule has 1 aromatic carbocycles. The van der Waals surface area contributed by atoms with Gasteiger partial charge in [0.2, 0.25) is 16.0 Å². The Balaban J connectivity index is 1.46. The molecule has 0 aliphatic carbocycles. The second-order valence-corrected chi connectivity index (χ2v) is 11.5. The van der Waals surface area contributed by atoms with E-state index >= 15 is 0 Å². The van der Waals surface area contributed by atoms with Crippen molar-refractivity contribution in [2.24, 2.45) is 0 Å². The molecule has 0 spiro atoms. The molecule has 1 fully saturated rings. The van der Waals surface area contributed by atoms with Gasteiger partial charge in [0.15, 0.2) is 5.82 Å². The van der Waals surface area contributed by atoms with Gasteiger partial charge in [-0.1, -0.05) is 17.8 Å². The molecule has 2 N–H and O–H groups in total. The smallest absolute Gasteiger partial charge is 0.239 e. The summed E-state index contributed by atoms with van der Waals surface area (Å²) in [4.78, 5) is 22.6. The summed E-state index contributed by atoms with van der Waals surface area (Å²) < 4.78 is 7.15. The van der Waals surface area contributed by atoms with Gasteiger partial charge in [0.1, 0.15) is 11.4 Å². The monoisotopic (exact) mass is 513 g/mol. The zero-order valence-corrected chi connectivity index (χ0v) is 23.1. The molecule has 0 saturated carbocycles. The Hall–Kier alpha value is -2.85. The third-order valence-corrected chi connectivity index (χ3v) is 7.44. The van der Waals surface area contributed by atoms with E-state index in [2.05, 4.69) is 43.2 Å². The molecule has 3 aromatic rings. The highest BCUT2D eigenvalue weighted by atomic mass is 32.1. The summed E-state index contributed by atoms with van der Waals surface area (Å²) in [6.07, 6.45) is 3.80. The fourth-order valence-electron chi connectivity index (χ4n) is 4.48. The van der Waals surface area contributed by atoms with Crippen LogP contribution in [-0.2, 0) is 4.79 Å². The van der Waals surface area contributed by atoms with E-state index in [1.54, 1.807) is 7.11 Å². The largest absolute Gasteiger partial charge is 0.497 e. The number of piperidine rings is 1. The summed E-state index contributed by atoms with van der Waals surface area (Å²) in [5, 5.41) is 12.2. The molecule has 1 saturated heterocycles. The molecule has 4 rings (SSSR count). The highest BCUT2D eigenvalue weighted by molar-refractivity contribution is 7.20. The number of carbonyl (C=O) groups is 1. The molecule has 36 heavy (non-hydrogen) atoms. The van der Waals surface area contributed by atoms with Crippen LogP contribution in [0.1, 0.15) is 47.0 Å². The Kier molecular flexibility index (Phi) is 8.04. The topological polar surface area (TPSA) is 87.0 Å². The summed E-state index contributed by atoms with van der Waals surface area (Å²) in [5.41, 5.74) is 1.64. The van der Waals surface area contributed by atoms with E-state index < -0.39 is 0 Å². The molecule has 0 radical (unpaired) electrons. The fourth-order valence-corrected chi connectivity index (χ4v) is 5.34. The number of ether oxygens (including phenoxy) is 1. The molecule has 2 aromatic heterocycles. The maximum atomic E-state index is 12.6. The number of nitrogens with one attached hydrogen (secondary N) is 2. The van der Waals surface area contributed by atoms with Gasteiger partial charge in [-0.05, 0) is 71.3 Å². The maximum Gasteiger partial charge on any atom is 0.239 e. The minimum Gasteiger partial charge on any atom is -0.497 e. The lowest BCUT2D eigenvalue weighted by Gasteiger charge is -2.33. The van der Waals surface area contributed by atoms with Crippen molar-refractivity contribution in [1.29, 1.82) is 0 Å². The van der Waals surface area contributed by atoms with Gasteiger partial charge in [0, 0.05) is 37.3 Å². The van der Waals surface area contributed by atoms with Gasteiger partial charge in [-0.15, -0.1) is 5.10 Å². The number of anilines is 2. The summed E-state index contributed by atoms with van der Waals surface area (Å²) in [7, 11) is 3.55. The molecule has 1 unspecified atom stereocenters. The van der Waals surface area contributed by atoms with Gasteiger partial charge >= 0.3 is 0 Å². The highest BCUT2D eigenvalue weighted by Gasteiger charge is 2.24. The number of carbonyl (C=O) groups excluding carboxylic acids is 1. The van der Waals surface area contributed by atoms with E-state index in [9.17, 15) is 4.79 Å². The van der Waals surface area contributed by atoms with Crippen LogP contribution in [0.5, 0.6) is 5.75 Å². The maximum absolute atomic E-state index is 12.6. The Morgan fingerprint density at radius 2 is 2.00 bits per heavy atom. The average Bonchev–Trinajstić information content (AvgIpc) is 3.39. The van der Waals surface area contributed by atoms with Crippen molar-refractivity contribution in [1.82, 2.24) is 24.8 Å². The third-order valence-electron chi connectivity index (χ3n) is 6.42. The van der Waals surface area contributed by atoms with Crippen LogP contribution in [0.25, 0.3) is 16.2 Å². The Bertz CT molecular complexity index is 1170. The number of likely N-dealkylation sites (tertiary alicyclic amines) is 1. The highest BCUT2D eigenvalue weighted by Crippen LogP contribution is 2.35. The van der Waals surface area contributed by atoms with E-state index in [0.717, 1.165) is 46.0 Å². The van der Waals surface area contributed by atoms with Gasteiger partial charge in [0.05, 0.1) is 13.7 Å². The summed E-state index contributed by atoms with van der Waals surface area (Å²) in [6, 6.07) is 8.47. The minimum atomic E-state index is -0.182. The minimum absolute atomic E-state index is 0.00182. The number of benzene rings is 1. The van der Waals surface area contributed by atoms with Crippen LogP contribution in [0.2, 0.25) is 0 Å². The molecular weight excluding hydrogens is 474 g/mol. The molecule has 0 bridgehead atoms. The zero-order valence-electron chi connectivity index (χ0n) is 22.3. The van der Waals surface area contributed by atoms with Gasteiger partial charge in [-0.25, -0.2) is 4.98 Å². The van der Waals surface area contributed by atoms with Crippen LogP contribution in [-0.4, -0.2) is 77.3 Å². The summed E-state index contributed by atoms with van der Waals surface area (Å²) >= 11 is 1.47. The van der Waals surface area contributed by atoms with Crippen molar-refractivity contribution in [2.75, 3.05) is 50.6 Å². The quantitative estimate of drug-likeness (QED) is 0.445. The van der Waals surface area contributed by atoms with E-state index in [-0.39, 0.29) is 18.0 Å². The van der Waals surface area contributed by atoms with Crippen LogP contribution < -0.4 is 20.3 Å². The first kappa shape index (κ1) is 26.2. The lowest BCUT2D eigenvalue weighted by molar-refractivity contribution is -0.119. The summed E-state index contributed by atoms with van der Waals surface area (Å²) in [6.45, 7) is 11.5. The van der Waals surface area contributed by atoms with Crippen molar-refractivity contribution in [3.05, 3.63) is 24.3 Å². The molecule has 9 nitrogen and oxygen atoms in total. The first-order valence-electron chi connectivity index (χ1n) is 12.7. The molecule has 10 heteroatoms. The number of nitrogens with zero attached hydrogens (tertiary/aromatic N) is 5. The SMILES string of the molecule is COc1ccc(-c2nc3sc(N(C)CC(=O)NCCN4CCCCC4C)nn3c2NC(C)(C)C)cc1. The number of aromatic nitrogens is 3. The number of rotatable bonds is 9. The number of hydrogen-bond donors (Lipinski definition) is 2. The normalized spacial score (nSPS) is 16.8. The van der Waals surface area contributed by atoms with E-state index in [1.165, 1.54) is 30.6 Å². The number of fused-ring (bicyclic) bond motifs is 1. The molecule has 1 amide bonds. The van der Waals surface area contributed by atoms with Crippen molar-refractivity contribution in [3.63, 3.8) is 0 Å². The number of methoxy groups -OCH3 is 1. The zero-order chi connectivity index (χ0) is 25.9. The Morgan fingerprint density at radius 3 is 2.67 bits per heavy atom. The van der Waals surface area contributed by atoms with Gasteiger partial charge in [0.25, 0.3) is 0 Å². The molecule has 1 aliphatic heterocycles. The van der Waals surface area contributed by atoms with Crippen molar-refractivity contribution >= 4 is 33.2 Å². The first-order valence-corrected chi connectivity index (χ1v) is 13.5. The molecule has 196 valence electrons.